The zero-order valence-electron chi connectivity index (χ0n) is 11.8. The lowest BCUT2D eigenvalue weighted by Crippen LogP contribution is -2.25. The summed E-state index contributed by atoms with van der Waals surface area (Å²) in [6.45, 7) is 12.4. The van der Waals surface area contributed by atoms with Crippen LogP contribution in [0.4, 0.5) is 0 Å². The number of carbonyl (C=O) groups excluding carboxylic acids is 2. The van der Waals surface area contributed by atoms with Crippen molar-refractivity contribution in [2.24, 2.45) is 0 Å². The van der Waals surface area contributed by atoms with Crippen molar-refractivity contribution >= 4 is 11.9 Å². The molecular weight excluding hydrogens is 232 g/mol. The molecule has 1 unspecified atom stereocenters. The first-order valence-corrected chi connectivity index (χ1v) is 6.07. The van der Waals surface area contributed by atoms with Gasteiger partial charge < -0.3 is 9.47 Å². The van der Waals surface area contributed by atoms with E-state index in [2.05, 4.69) is 6.58 Å². The third-order valence-electron chi connectivity index (χ3n) is 2.36. The molecule has 102 valence electrons. The van der Waals surface area contributed by atoms with Gasteiger partial charge in [0, 0.05) is 17.6 Å². The molecule has 0 aromatic rings. The van der Waals surface area contributed by atoms with Crippen molar-refractivity contribution in [3.05, 3.63) is 23.3 Å². The van der Waals surface area contributed by atoms with E-state index in [-0.39, 0.29) is 5.57 Å². The van der Waals surface area contributed by atoms with Crippen molar-refractivity contribution in [2.75, 3.05) is 0 Å². The van der Waals surface area contributed by atoms with Crippen molar-refractivity contribution in [3.8, 4) is 0 Å². The van der Waals surface area contributed by atoms with Gasteiger partial charge in [0.2, 0.25) is 6.29 Å². The summed E-state index contributed by atoms with van der Waals surface area (Å²) < 4.78 is 10.2. The summed E-state index contributed by atoms with van der Waals surface area (Å²) in [6, 6.07) is 0. The number of allylic oxidation sites excluding steroid dienone is 1. The Morgan fingerprint density at radius 2 is 1.56 bits per heavy atom. The minimum atomic E-state index is -0.859. The summed E-state index contributed by atoms with van der Waals surface area (Å²) in [4.78, 5) is 23.2. The van der Waals surface area contributed by atoms with Gasteiger partial charge in [-0.15, -0.1) is 0 Å². The molecular formula is C14H22O4. The topological polar surface area (TPSA) is 52.6 Å². The van der Waals surface area contributed by atoms with Crippen LogP contribution in [0.2, 0.25) is 0 Å². The second-order valence-corrected chi connectivity index (χ2v) is 4.26. The van der Waals surface area contributed by atoms with Crippen molar-refractivity contribution in [1.82, 2.24) is 0 Å². The van der Waals surface area contributed by atoms with E-state index in [0.717, 1.165) is 5.57 Å². The molecule has 0 aromatic heterocycles. The fraction of sp³-hybridized carbons (Fsp3) is 0.571. The number of rotatable bonds is 6. The molecule has 0 bridgehead atoms. The van der Waals surface area contributed by atoms with Crippen LogP contribution < -0.4 is 0 Å². The van der Waals surface area contributed by atoms with Crippen LogP contribution in [0.1, 0.15) is 47.5 Å². The predicted molar refractivity (Wildman–Crippen MR) is 69.7 cm³/mol. The van der Waals surface area contributed by atoms with E-state index in [1.807, 2.05) is 20.8 Å². The van der Waals surface area contributed by atoms with Gasteiger partial charge in [0.1, 0.15) is 0 Å². The van der Waals surface area contributed by atoms with Gasteiger partial charge in [-0.2, -0.15) is 0 Å². The van der Waals surface area contributed by atoms with E-state index < -0.39 is 18.2 Å². The van der Waals surface area contributed by atoms with Crippen LogP contribution in [0.25, 0.3) is 0 Å². The molecule has 0 rings (SSSR count). The predicted octanol–water partition coefficient (Wildman–Crippen LogP) is 3.13. The van der Waals surface area contributed by atoms with Gasteiger partial charge >= 0.3 is 11.9 Å². The fourth-order valence-electron chi connectivity index (χ4n) is 1.30. The summed E-state index contributed by atoms with van der Waals surface area (Å²) in [5, 5.41) is 0. The largest absolute Gasteiger partial charge is 0.422 e. The Kier molecular flexibility index (Phi) is 7.01. The molecule has 0 aromatic carbocycles. The molecule has 0 saturated carbocycles. The van der Waals surface area contributed by atoms with E-state index in [9.17, 15) is 9.59 Å². The molecule has 0 N–H and O–H groups in total. The molecule has 0 heterocycles. The Labute approximate surface area is 109 Å². The molecule has 18 heavy (non-hydrogen) atoms. The Bertz CT molecular complexity index is 362. The minimum Gasteiger partial charge on any atom is -0.422 e. The maximum atomic E-state index is 11.8. The number of esters is 2. The molecule has 0 fully saturated rings. The van der Waals surface area contributed by atoms with Gasteiger partial charge in [-0.1, -0.05) is 26.0 Å². The van der Waals surface area contributed by atoms with E-state index in [1.54, 1.807) is 13.8 Å². The maximum absolute atomic E-state index is 11.8. The second-order valence-electron chi connectivity index (χ2n) is 4.26. The average Bonchev–Trinajstić information content (AvgIpc) is 2.27. The van der Waals surface area contributed by atoms with Crippen LogP contribution in [0.15, 0.2) is 23.3 Å². The number of hydrogen-bond donors (Lipinski definition) is 0. The van der Waals surface area contributed by atoms with E-state index in [1.165, 1.54) is 0 Å². The highest BCUT2D eigenvalue weighted by Gasteiger charge is 2.20. The lowest BCUT2D eigenvalue weighted by atomic mass is 10.1. The van der Waals surface area contributed by atoms with Crippen LogP contribution >= 0.6 is 0 Å². The summed E-state index contributed by atoms with van der Waals surface area (Å²) in [7, 11) is 0. The first-order chi connectivity index (χ1) is 8.33. The lowest BCUT2D eigenvalue weighted by Gasteiger charge is -2.18. The maximum Gasteiger partial charge on any atom is 0.336 e. The first-order valence-electron chi connectivity index (χ1n) is 6.07. The van der Waals surface area contributed by atoms with Gasteiger partial charge in [-0.3, -0.25) is 0 Å². The molecule has 0 saturated heterocycles. The van der Waals surface area contributed by atoms with Crippen molar-refractivity contribution in [3.63, 3.8) is 0 Å². The van der Waals surface area contributed by atoms with Crippen LogP contribution in [0, 0.1) is 0 Å². The SMILES string of the molecule is C=C(C)C(=O)OC(CC)OC(=O)C(CC)=C(C)C. The number of carbonyl (C=O) groups is 2. The van der Waals surface area contributed by atoms with E-state index in [4.69, 9.17) is 9.47 Å². The molecule has 0 aliphatic rings. The molecule has 0 aliphatic carbocycles. The van der Waals surface area contributed by atoms with Crippen molar-refractivity contribution in [1.29, 1.82) is 0 Å². The Morgan fingerprint density at radius 3 is 1.89 bits per heavy atom. The normalized spacial score (nSPS) is 11.4. The zero-order chi connectivity index (χ0) is 14.3. The van der Waals surface area contributed by atoms with Gasteiger partial charge in [-0.25, -0.2) is 9.59 Å². The summed E-state index contributed by atoms with van der Waals surface area (Å²) >= 11 is 0. The highest BCUT2D eigenvalue weighted by atomic mass is 16.7. The highest BCUT2D eigenvalue weighted by molar-refractivity contribution is 5.90. The molecule has 0 spiro atoms. The third-order valence-corrected chi connectivity index (χ3v) is 2.36. The fourth-order valence-corrected chi connectivity index (χ4v) is 1.30. The molecule has 4 nitrogen and oxygen atoms in total. The molecule has 0 aliphatic heterocycles. The van der Waals surface area contributed by atoms with Crippen LogP contribution in [-0.2, 0) is 19.1 Å². The minimum absolute atomic E-state index is 0.280. The van der Waals surface area contributed by atoms with Crippen molar-refractivity contribution in [2.45, 2.75) is 53.8 Å². The Morgan fingerprint density at radius 1 is 1.06 bits per heavy atom. The molecule has 1 atom stereocenters. The monoisotopic (exact) mass is 254 g/mol. The van der Waals surface area contributed by atoms with Gasteiger partial charge in [-0.05, 0) is 27.2 Å². The quantitative estimate of drug-likeness (QED) is 0.415. The third kappa shape index (κ3) is 5.17. The summed E-state index contributed by atoms with van der Waals surface area (Å²) in [5.74, 6) is -0.983. The number of ether oxygens (including phenoxy) is 2. The van der Waals surface area contributed by atoms with Crippen LogP contribution in [0.5, 0.6) is 0 Å². The first kappa shape index (κ1) is 16.4. The van der Waals surface area contributed by atoms with Gasteiger partial charge in [0.05, 0.1) is 0 Å². The molecule has 4 heteroatoms. The van der Waals surface area contributed by atoms with Gasteiger partial charge in [0.25, 0.3) is 0 Å². The molecule has 0 amide bonds. The Hall–Kier alpha value is -1.58. The summed E-state index contributed by atoms with van der Waals surface area (Å²) in [6.07, 6.45) is 0.138. The van der Waals surface area contributed by atoms with Crippen LogP contribution in [-0.4, -0.2) is 18.2 Å². The van der Waals surface area contributed by atoms with Gasteiger partial charge in [0.15, 0.2) is 0 Å². The molecule has 0 radical (unpaired) electrons. The second kappa shape index (κ2) is 7.69. The Balaban J connectivity index is 4.65. The zero-order valence-corrected chi connectivity index (χ0v) is 11.8. The number of hydrogen-bond acceptors (Lipinski definition) is 4. The highest BCUT2D eigenvalue weighted by Crippen LogP contribution is 2.13. The lowest BCUT2D eigenvalue weighted by molar-refractivity contribution is -0.182. The smallest absolute Gasteiger partial charge is 0.336 e. The standard InChI is InChI=1S/C14H22O4/c1-7-11(9(3)4)14(16)18-12(8-2)17-13(15)10(5)6/h12H,5,7-8H2,1-4,6H3. The van der Waals surface area contributed by atoms with Crippen LogP contribution in [0.3, 0.4) is 0 Å². The average molecular weight is 254 g/mol. The summed E-state index contributed by atoms with van der Waals surface area (Å²) in [5.41, 5.74) is 1.80. The van der Waals surface area contributed by atoms with E-state index in [0.29, 0.717) is 18.4 Å². The van der Waals surface area contributed by atoms with E-state index >= 15 is 0 Å². The van der Waals surface area contributed by atoms with Crippen molar-refractivity contribution < 1.29 is 19.1 Å².